The first-order valence-electron chi connectivity index (χ1n) is 14.8. The van der Waals surface area contributed by atoms with E-state index in [0.29, 0.717) is 59.7 Å². The van der Waals surface area contributed by atoms with Crippen LogP contribution in [-0.4, -0.2) is 66.5 Å². The molecule has 10 nitrogen and oxygen atoms in total. The lowest BCUT2D eigenvalue weighted by molar-refractivity contribution is -0.159. The van der Waals surface area contributed by atoms with Crippen LogP contribution in [0.3, 0.4) is 0 Å². The first-order valence-corrected chi connectivity index (χ1v) is 15.2. The van der Waals surface area contributed by atoms with Gasteiger partial charge in [0.15, 0.2) is 0 Å². The van der Waals surface area contributed by atoms with Gasteiger partial charge >= 0.3 is 12.1 Å². The van der Waals surface area contributed by atoms with Gasteiger partial charge in [-0.2, -0.15) is 23.1 Å². The molecule has 2 fully saturated rings. The molecule has 2 aliphatic rings. The predicted octanol–water partition coefficient (Wildman–Crippen LogP) is 6.11. The van der Waals surface area contributed by atoms with E-state index in [9.17, 15) is 13.2 Å². The number of likely N-dealkylation sites (tertiary alicyclic amines) is 1. The van der Waals surface area contributed by atoms with E-state index in [0.717, 1.165) is 37.9 Å². The number of piperidine rings is 1. The zero-order chi connectivity index (χ0) is 31.8. The van der Waals surface area contributed by atoms with Crippen LogP contribution in [0.4, 0.5) is 17.6 Å². The molecular weight excluding hydrogens is 630 g/mol. The average Bonchev–Trinajstić information content (AvgIpc) is 3.62. The summed E-state index contributed by atoms with van der Waals surface area (Å²) in [5, 5.41) is 4.02. The average molecular weight is 658 g/mol. The number of hydrogen-bond donors (Lipinski definition) is 0. The standard InChI is InChI=1S/C31H28ClF4N7O3/c32-19-3-1-18(2-4-19)13-26-37-9-5-28(39-26)45-20-6-10-42(11-7-20)17-27-38-24-14-22(29-40-30(46-41-29)31(34,35)36)23(33)15-25(24)43(27)16-21-8-12-44-21/h1-5,9,14-15,20-21H,6-8,10-13,16-17H2/t21-/m0/s1. The van der Waals surface area contributed by atoms with E-state index in [4.69, 9.17) is 26.1 Å². The summed E-state index contributed by atoms with van der Waals surface area (Å²) < 4.78 is 72.4. The van der Waals surface area contributed by atoms with Gasteiger partial charge in [-0.05, 0) is 43.0 Å². The molecule has 0 bridgehead atoms. The van der Waals surface area contributed by atoms with Gasteiger partial charge in [0.05, 0.1) is 35.8 Å². The highest BCUT2D eigenvalue weighted by atomic mass is 35.5. The topological polar surface area (TPSA) is 104 Å². The molecule has 0 aliphatic carbocycles. The van der Waals surface area contributed by atoms with Crippen molar-refractivity contribution in [2.75, 3.05) is 19.7 Å². The van der Waals surface area contributed by atoms with Gasteiger partial charge < -0.3 is 18.6 Å². The monoisotopic (exact) mass is 657 g/mol. The van der Waals surface area contributed by atoms with Crippen LogP contribution in [0.5, 0.6) is 5.88 Å². The Labute approximate surface area is 265 Å². The van der Waals surface area contributed by atoms with E-state index in [1.54, 1.807) is 12.3 Å². The summed E-state index contributed by atoms with van der Waals surface area (Å²) in [6.45, 7) is 3.10. The van der Waals surface area contributed by atoms with Crippen LogP contribution in [0.1, 0.15) is 42.4 Å². The molecule has 2 aromatic carbocycles. The molecule has 5 heterocycles. The van der Waals surface area contributed by atoms with Crippen molar-refractivity contribution in [2.24, 2.45) is 0 Å². The van der Waals surface area contributed by atoms with E-state index in [1.807, 2.05) is 28.8 Å². The van der Waals surface area contributed by atoms with Crippen molar-refractivity contribution in [2.45, 2.75) is 57.2 Å². The molecule has 240 valence electrons. The first kappa shape index (κ1) is 30.5. The summed E-state index contributed by atoms with van der Waals surface area (Å²) in [6, 6.07) is 11.9. The number of imidazole rings is 1. The number of hydrogen-bond acceptors (Lipinski definition) is 9. The molecule has 2 saturated heterocycles. The summed E-state index contributed by atoms with van der Waals surface area (Å²) >= 11 is 5.99. The van der Waals surface area contributed by atoms with E-state index in [1.165, 1.54) is 12.1 Å². The van der Waals surface area contributed by atoms with Gasteiger partial charge in [-0.3, -0.25) is 4.90 Å². The molecule has 0 N–H and O–H groups in total. The molecule has 1 atom stereocenters. The van der Waals surface area contributed by atoms with Crippen molar-refractivity contribution < 1.29 is 31.6 Å². The van der Waals surface area contributed by atoms with Crippen molar-refractivity contribution in [3.63, 3.8) is 0 Å². The zero-order valence-corrected chi connectivity index (χ0v) is 25.1. The second-order valence-electron chi connectivity index (χ2n) is 11.4. The quantitative estimate of drug-likeness (QED) is 0.174. The normalized spacial score (nSPS) is 17.8. The summed E-state index contributed by atoms with van der Waals surface area (Å²) in [5.41, 5.74) is 1.76. The molecule has 46 heavy (non-hydrogen) atoms. The van der Waals surface area contributed by atoms with Crippen molar-refractivity contribution in [3.8, 4) is 17.3 Å². The van der Waals surface area contributed by atoms with Crippen LogP contribution in [-0.2, 0) is 30.4 Å². The molecular formula is C31H28ClF4N7O3. The predicted molar refractivity (Wildman–Crippen MR) is 158 cm³/mol. The van der Waals surface area contributed by atoms with Gasteiger partial charge in [0.2, 0.25) is 11.7 Å². The Morgan fingerprint density at radius 3 is 2.48 bits per heavy atom. The minimum atomic E-state index is -4.84. The maximum Gasteiger partial charge on any atom is 0.471 e. The van der Waals surface area contributed by atoms with Crippen molar-refractivity contribution >= 4 is 22.6 Å². The number of benzene rings is 2. The van der Waals surface area contributed by atoms with Gasteiger partial charge in [0.1, 0.15) is 23.6 Å². The number of halogens is 5. The Morgan fingerprint density at radius 1 is 1.00 bits per heavy atom. The van der Waals surface area contributed by atoms with Crippen LogP contribution in [0, 0.1) is 5.82 Å². The summed E-state index contributed by atoms with van der Waals surface area (Å²) in [4.78, 5) is 19.3. The molecule has 7 rings (SSSR count). The minimum Gasteiger partial charge on any atom is -0.474 e. The third kappa shape index (κ3) is 6.69. The van der Waals surface area contributed by atoms with E-state index in [2.05, 4.69) is 29.5 Å². The van der Waals surface area contributed by atoms with Gasteiger partial charge in [0, 0.05) is 49.5 Å². The zero-order valence-electron chi connectivity index (χ0n) is 24.4. The van der Waals surface area contributed by atoms with E-state index in [-0.39, 0.29) is 17.8 Å². The Bertz CT molecular complexity index is 1830. The number of aromatic nitrogens is 6. The molecule has 15 heteroatoms. The fraction of sp³-hybridized carbons (Fsp3) is 0.387. The maximum atomic E-state index is 15.2. The van der Waals surface area contributed by atoms with Gasteiger partial charge in [-0.15, -0.1) is 0 Å². The fourth-order valence-corrected chi connectivity index (χ4v) is 5.77. The molecule has 2 aliphatic heterocycles. The lowest BCUT2D eigenvalue weighted by Crippen LogP contribution is -2.39. The van der Waals surface area contributed by atoms with Crippen molar-refractivity contribution in [3.05, 3.63) is 82.6 Å². The molecule has 3 aromatic heterocycles. The lowest BCUT2D eigenvalue weighted by atomic mass is 10.1. The van der Waals surface area contributed by atoms with Crippen molar-refractivity contribution in [1.82, 2.24) is 34.6 Å². The highest BCUT2D eigenvalue weighted by molar-refractivity contribution is 6.30. The number of nitrogens with zero attached hydrogens (tertiary/aromatic N) is 7. The number of rotatable bonds is 9. The molecule has 0 spiro atoms. The van der Waals surface area contributed by atoms with Gasteiger partial charge in [-0.25, -0.2) is 14.4 Å². The third-order valence-electron chi connectivity index (χ3n) is 8.15. The lowest BCUT2D eigenvalue weighted by Gasteiger charge is -2.32. The van der Waals surface area contributed by atoms with Crippen molar-refractivity contribution in [1.29, 1.82) is 0 Å². The molecule has 0 amide bonds. The van der Waals surface area contributed by atoms with Crippen LogP contribution in [0.2, 0.25) is 5.02 Å². The van der Waals surface area contributed by atoms with E-state index < -0.39 is 23.7 Å². The number of ether oxygens (including phenoxy) is 2. The van der Waals surface area contributed by atoms with Gasteiger partial charge in [0.25, 0.3) is 0 Å². The Kier molecular flexibility index (Phi) is 8.34. The van der Waals surface area contributed by atoms with Crippen LogP contribution in [0.15, 0.2) is 53.2 Å². The Morgan fingerprint density at radius 2 is 1.78 bits per heavy atom. The second-order valence-corrected chi connectivity index (χ2v) is 11.8. The van der Waals surface area contributed by atoms with Crippen LogP contribution in [0.25, 0.3) is 22.4 Å². The molecule has 0 saturated carbocycles. The maximum absolute atomic E-state index is 15.2. The minimum absolute atomic E-state index is 0.0232. The number of fused-ring (bicyclic) bond motifs is 1. The van der Waals surface area contributed by atoms with Crippen LogP contribution < -0.4 is 4.74 Å². The van der Waals surface area contributed by atoms with E-state index >= 15 is 4.39 Å². The summed E-state index contributed by atoms with van der Waals surface area (Å²) in [6.07, 6.45) is -0.225. The van der Waals surface area contributed by atoms with Crippen LogP contribution >= 0.6 is 11.6 Å². The smallest absolute Gasteiger partial charge is 0.471 e. The highest BCUT2D eigenvalue weighted by Crippen LogP contribution is 2.32. The van der Waals surface area contributed by atoms with Gasteiger partial charge in [-0.1, -0.05) is 28.9 Å². The largest absolute Gasteiger partial charge is 0.474 e. The highest BCUT2D eigenvalue weighted by Gasteiger charge is 2.39. The first-order chi connectivity index (χ1) is 22.2. The summed E-state index contributed by atoms with van der Waals surface area (Å²) in [7, 11) is 0. The third-order valence-corrected chi connectivity index (χ3v) is 8.40. The second kappa shape index (κ2) is 12.6. The number of alkyl halides is 3. The molecule has 5 aromatic rings. The Hall–Kier alpha value is -4.14. The molecule has 0 radical (unpaired) electrons. The fourth-order valence-electron chi connectivity index (χ4n) is 5.64. The SMILES string of the molecule is Fc1cc2c(cc1-c1noc(C(F)(F)F)n1)nc(CN1CCC(Oc3ccnc(Cc4ccc(Cl)cc4)n3)CC1)n2C[C@@H]1CCO1. The summed E-state index contributed by atoms with van der Waals surface area (Å²) in [5.74, 6) is -0.918. The Balaban J connectivity index is 1.04. The molecule has 0 unspecified atom stereocenters.